The SMILES string of the molecule is Cc1ccc(CNC(=O)CC(=O)N2CCCCC2)cc1. The highest BCUT2D eigenvalue weighted by atomic mass is 16.2. The minimum Gasteiger partial charge on any atom is -0.352 e. The van der Waals surface area contributed by atoms with Crippen LogP contribution in [-0.2, 0) is 16.1 Å². The molecule has 4 heteroatoms. The largest absolute Gasteiger partial charge is 0.352 e. The summed E-state index contributed by atoms with van der Waals surface area (Å²) >= 11 is 0. The second kappa shape index (κ2) is 7.08. The Morgan fingerprint density at radius 2 is 1.75 bits per heavy atom. The van der Waals surface area contributed by atoms with Gasteiger partial charge < -0.3 is 10.2 Å². The fourth-order valence-electron chi connectivity index (χ4n) is 2.36. The molecule has 0 aromatic heterocycles. The van der Waals surface area contributed by atoms with Gasteiger partial charge in [-0.1, -0.05) is 29.8 Å². The quantitative estimate of drug-likeness (QED) is 0.854. The highest BCUT2D eigenvalue weighted by Crippen LogP contribution is 2.10. The van der Waals surface area contributed by atoms with Crippen molar-refractivity contribution in [3.63, 3.8) is 0 Å². The highest BCUT2D eigenvalue weighted by molar-refractivity contribution is 5.96. The van der Waals surface area contributed by atoms with Gasteiger partial charge in [0.25, 0.3) is 0 Å². The summed E-state index contributed by atoms with van der Waals surface area (Å²) in [6, 6.07) is 8.00. The first kappa shape index (κ1) is 14.6. The number of hydrogen-bond donors (Lipinski definition) is 1. The number of hydrogen-bond acceptors (Lipinski definition) is 2. The molecule has 0 saturated carbocycles. The third kappa shape index (κ3) is 4.37. The first-order valence-corrected chi connectivity index (χ1v) is 7.25. The van der Waals surface area contributed by atoms with Gasteiger partial charge in [-0.2, -0.15) is 0 Å². The first-order chi connectivity index (χ1) is 9.65. The molecule has 0 unspecified atom stereocenters. The van der Waals surface area contributed by atoms with E-state index < -0.39 is 0 Å². The molecule has 1 heterocycles. The van der Waals surface area contributed by atoms with Gasteiger partial charge in [0.2, 0.25) is 11.8 Å². The van der Waals surface area contributed by atoms with E-state index in [-0.39, 0.29) is 18.2 Å². The van der Waals surface area contributed by atoms with Crippen molar-refractivity contribution in [3.8, 4) is 0 Å². The minimum atomic E-state index is -0.193. The summed E-state index contributed by atoms with van der Waals surface area (Å²) in [6.45, 7) is 4.10. The van der Waals surface area contributed by atoms with Crippen LogP contribution in [0.2, 0.25) is 0 Å². The number of nitrogens with zero attached hydrogens (tertiary/aromatic N) is 1. The Morgan fingerprint density at radius 1 is 1.10 bits per heavy atom. The number of aryl methyl sites for hydroxylation is 1. The number of piperidine rings is 1. The van der Waals surface area contributed by atoms with Crippen LogP contribution in [0.4, 0.5) is 0 Å². The normalized spacial score (nSPS) is 14.9. The molecule has 2 rings (SSSR count). The van der Waals surface area contributed by atoms with E-state index >= 15 is 0 Å². The molecule has 1 fully saturated rings. The average molecular weight is 274 g/mol. The van der Waals surface area contributed by atoms with Crippen LogP contribution in [0.1, 0.15) is 36.8 Å². The molecule has 0 atom stereocenters. The molecule has 0 aliphatic carbocycles. The van der Waals surface area contributed by atoms with E-state index in [1.54, 1.807) is 4.90 Å². The molecule has 0 spiro atoms. The van der Waals surface area contributed by atoms with Crippen molar-refractivity contribution >= 4 is 11.8 Å². The second-order valence-electron chi connectivity index (χ2n) is 5.38. The van der Waals surface area contributed by atoms with Crippen LogP contribution in [0.25, 0.3) is 0 Å². The maximum Gasteiger partial charge on any atom is 0.232 e. The van der Waals surface area contributed by atoms with Crippen LogP contribution in [0, 0.1) is 6.92 Å². The summed E-state index contributed by atoms with van der Waals surface area (Å²) in [6.07, 6.45) is 3.25. The fourth-order valence-corrected chi connectivity index (χ4v) is 2.36. The van der Waals surface area contributed by atoms with Crippen molar-refractivity contribution in [2.24, 2.45) is 0 Å². The number of carbonyl (C=O) groups is 2. The van der Waals surface area contributed by atoms with Gasteiger partial charge in [0.05, 0.1) is 0 Å². The second-order valence-corrected chi connectivity index (χ2v) is 5.38. The lowest BCUT2D eigenvalue weighted by Gasteiger charge is -2.26. The number of rotatable bonds is 4. The average Bonchev–Trinajstić information content (AvgIpc) is 2.47. The van der Waals surface area contributed by atoms with Crippen LogP contribution in [0.15, 0.2) is 24.3 Å². The minimum absolute atomic E-state index is 0.0359. The van der Waals surface area contributed by atoms with Gasteiger partial charge in [-0.15, -0.1) is 0 Å². The van der Waals surface area contributed by atoms with E-state index in [1.807, 2.05) is 31.2 Å². The number of amides is 2. The molecule has 108 valence electrons. The van der Waals surface area contributed by atoms with Gasteiger partial charge in [-0.3, -0.25) is 9.59 Å². The monoisotopic (exact) mass is 274 g/mol. The Kier molecular flexibility index (Phi) is 5.16. The summed E-state index contributed by atoms with van der Waals surface area (Å²) in [5, 5.41) is 2.80. The third-order valence-electron chi connectivity index (χ3n) is 3.63. The Morgan fingerprint density at radius 3 is 2.40 bits per heavy atom. The van der Waals surface area contributed by atoms with Crippen LogP contribution in [0.5, 0.6) is 0 Å². The summed E-state index contributed by atoms with van der Waals surface area (Å²) in [7, 11) is 0. The molecular weight excluding hydrogens is 252 g/mol. The van der Waals surface area contributed by atoms with Gasteiger partial charge in [0.15, 0.2) is 0 Å². The number of carbonyl (C=O) groups excluding carboxylic acids is 2. The number of benzene rings is 1. The van der Waals surface area contributed by atoms with E-state index in [2.05, 4.69) is 5.32 Å². The molecular formula is C16H22N2O2. The van der Waals surface area contributed by atoms with Crippen LogP contribution in [0.3, 0.4) is 0 Å². The van der Waals surface area contributed by atoms with Gasteiger partial charge in [0.1, 0.15) is 6.42 Å². The van der Waals surface area contributed by atoms with E-state index in [0.717, 1.165) is 31.5 Å². The lowest BCUT2D eigenvalue weighted by atomic mass is 10.1. The molecule has 1 aliphatic rings. The lowest BCUT2D eigenvalue weighted by Crippen LogP contribution is -2.38. The summed E-state index contributed by atoms with van der Waals surface area (Å²) in [5.74, 6) is -0.243. The number of likely N-dealkylation sites (tertiary alicyclic amines) is 1. The van der Waals surface area contributed by atoms with Crippen LogP contribution in [-0.4, -0.2) is 29.8 Å². The highest BCUT2D eigenvalue weighted by Gasteiger charge is 2.18. The van der Waals surface area contributed by atoms with Crippen molar-refractivity contribution < 1.29 is 9.59 Å². The van der Waals surface area contributed by atoms with E-state index in [9.17, 15) is 9.59 Å². The molecule has 1 saturated heterocycles. The summed E-state index contributed by atoms with van der Waals surface area (Å²) < 4.78 is 0. The van der Waals surface area contributed by atoms with Gasteiger partial charge in [0, 0.05) is 19.6 Å². The van der Waals surface area contributed by atoms with Gasteiger partial charge >= 0.3 is 0 Å². The van der Waals surface area contributed by atoms with Crippen molar-refractivity contribution in [2.75, 3.05) is 13.1 Å². The van der Waals surface area contributed by atoms with Gasteiger partial charge in [-0.05, 0) is 31.7 Å². The maximum absolute atomic E-state index is 11.9. The van der Waals surface area contributed by atoms with Crippen molar-refractivity contribution in [3.05, 3.63) is 35.4 Å². The van der Waals surface area contributed by atoms with Crippen LogP contribution >= 0.6 is 0 Å². The Bertz CT molecular complexity index is 462. The van der Waals surface area contributed by atoms with Crippen molar-refractivity contribution in [1.29, 1.82) is 0 Å². The predicted octanol–water partition coefficient (Wildman–Crippen LogP) is 2.01. The van der Waals surface area contributed by atoms with E-state index in [0.29, 0.717) is 6.54 Å². The molecule has 20 heavy (non-hydrogen) atoms. The summed E-state index contributed by atoms with van der Waals surface area (Å²) in [5.41, 5.74) is 2.25. The topological polar surface area (TPSA) is 49.4 Å². The molecule has 1 aromatic rings. The standard InChI is InChI=1S/C16H22N2O2/c1-13-5-7-14(8-6-13)12-17-15(19)11-16(20)18-9-3-2-4-10-18/h5-8H,2-4,9-12H2,1H3,(H,17,19). The number of nitrogens with one attached hydrogen (secondary N) is 1. The Labute approximate surface area is 120 Å². The maximum atomic E-state index is 11.9. The predicted molar refractivity (Wildman–Crippen MR) is 78.1 cm³/mol. The zero-order chi connectivity index (χ0) is 14.4. The first-order valence-electron chi connectivity index (χ1n) is 7.25. The van der Waals surface area contributed by atoms with E-state index in [4.69, 9.17) is 0 Å². The molecule has 0 radical (unpaired) electrons. The molecule has 1 aromatic carbocycles. The molecule has 2 amide bonds. The third-order valence-corrected chi connectivity index (χ3v) is 3.63. The smallest absolute Gasteiger partial charge is 0.232 e. The lowest BCUT2D eigenvalue weighted by molar-refractivity contribution is -0.136. The van der Waals surface area contributed by atoms with Crippen molar-refractivity contribution in [2.45, 2.75) is 39.2 Å². The fraction of sp³-hybridized carbons (Fsp3) is 0.500. The molecule has 4 nitrogen and oxygen atoms in total. The summed E-state index contributed by atoms with van der Waals surface area (Å²) in [4.78, 5) is 25.5. The van der Waals surface area contributed by atoms with E-state index in [1.165, 1.54) is 12.0 Å². The van der Waals surface area contributed by atoms with Crippen molar-refractivity contribution in [1.82, 2.24) is 10.2 Å². The Hall–Kier alpha value is -1.84. The zero-order valence-electron chi connectivity index (χ0n) is 12.0. The Balaban J connectivity index is 1.74. The zero-order valence-corrected chi connectivity index (χ0v) is 12.0. The molecule has 0 bridgehead atoms. The molecule has 1 N–H and O–H groups in total. The molecule has 1 aliphatic heterocycles. The van der Waals surface area contributed by atoms with Gasteiger partial charge in [-0.25, -0.2) is 0 Å². The van der Waals surface area contributed by atoms with Crippen LogP contribution < -0.4 is 5.32 Å².